The summed E-state index contributed by atoms with van der Waals surface area (Å²) >= 11 is 0. The third-order valence-electron chi connectivity index (χ3n) is 5.77. The van der Waals surface area contributed by atoms with Gasteiger partial charge in [-0.2, -0.15) is 0 Å². The minimum atomic E-state index is -1.07. The number of carbonyl (C=O) groups excluding carboxylic acids is 2. The van der Waals surface area contributed by atoms with E-state index in [0.717, 1.165) is 17.6 Å². The molecule has 0 saturated carbocycles. The number of ether oxygens (including phenoxy) is 1. The second-order valence-corrected chi connectivity index (χ2v) is 9.14. The Morgan fingerprint density at radius 1 is 0.976 bits per heavy atom. The molecule has 0 saturated heterocycles. The van der Waals surface area contributed by atoms with Crippen molar-refractivity contribution in [2.75, 3.05) is 19.7 Å². The van der Waals surface area contributed by atoms with Crippen molar-refractivity contribution < 1.29 is 24.2 Å². The van der Waals surface area contributed by atoms with Gasteiger partial charge in [-0.1, -0.05) is 87.2 Å². The Hall–Kier alpha value is -4.21. The van der Waals surface area contributed by atoms with Gasteiger partial charge in [0.15, 0.2) is 6.61 Å². The van der Waals surface area contributed by atoms with Gasteiger partial charge in [0.05, 0.1) is 6.54 Å². The van der Waals surface area contributed by atoms with Crippen LogP contribution in [0.1, 0.15) is 51.7 Å². The van der Waals surface area contributed by atoms with E-state index in [1.165, 1.54) is 11.1 Å². The van der Waals surface area contributed by atoms with Crippen LogP contribution in [0.5, 0.6) is 5.75 Å². The SMILES string of the molecule is C=C(C)[C@H](CCCN)NC(=O)[C@H](Cc1ccc(OCC(=O)O)cc1)NC(=O)CN.C=C/C=C(\C)c1ccccc1.CC. The zero-order valence-electron chi connectivity index (χ0n) is 25.4. The molecule has 0 aliphatic heterocycles. The molecule has 42 heavy (non-hydrogen) atoms. The highest BCUT2D eigenvalue weighted by Gasteiger charge is 2.23. The van der Waals surface area contributed by atoms with E-state index in [0.29, 0.717) is 18.7 Å². The molecule has 0 aliphatic rings. The summed E-state index contributed by atoms with van der Waals surface area (Å²) in [5.74, 6) is -1.47. The Kier molecular flexibility index (Phi) is 20.2. The van der Waals surface area contributed by atoms with Crippen LogP contribution in [0.3, 0.4) is 0 Å². The van der Waals surface area contributed by atoms with Gasteiger partial charge in [-0.15, -0.1) is 0 Å². The molecule has 0 radical (unpaired) electrons. The first-order valence-corrected chi connectivity index (χ1v) is 14.0. The first-order valence-electron chi connectivity index (χ1n) is 14.0. The molecule has 9 heteroatoms. The Balaban J connectivity index is 0.00000107. The normalized spacial score (nSPS) is 11.7. The van der Waals surface area contributed by atoms with Crippen molar-refractivity contribution in [3.05, 3.63) is 96.6 Å². The summed E-state index contributed by atoms with van der Waals surface area (Å²) in [6, 6.07) is 15.8. The second kappa shape index (κ2) is 22.5. The molecule has 0 aromatic heterocycles. The van der Waals surface area contributed by atoms with E-state index in [1.807, 2.05) is 51.1 Å². The van der Waals surface area contributed by atoms with E-state index in [1.54, 1.807) is 24.3 Å². The highest BCUT2D eigenvalue weighted by atomic mass is 16.5. The number of hydrogen-bond donors (Lipinski definition) is 5. The maximum Gasteiger partial charge on any atom is 0.341 e. The monoisotopic (exact) mass is 580 g/mol. The lowest BCUT2D eigenvalue weighted by molar-refractivity contribution is -0.139. The van der Waals surface area contributed by atoms with Crippen LogP contribution in [0.2, 0.25) is 0 Å². The maximum absolute atomic E-state index is 12.8. The smallest absolute Gasteiger partial charge is 0.341 e. The molecule has 0 aliphatic carbocycles. The first-order chi connectivity index (χ1) is 20.1. The lowest BCUT2D eigenvalue weighted by atomic mass is 10.0. The maximum atomic E-state index is 12.8. The molecule has 2 aromatic rings. The van der Waals surface area contributed by atoms with E-state index in [-0.39, 0.29) is 24.9 Å². The molecule has 0 heterocycles. The fourth-order valence-electron chi connectivity index (χ4n) is 3.58. The summed E-state index contributed by atoms with van der Waals surface area (Å²) in [7, 11) is 0. The Morgan fingerprint density at radius 2 is 1.60 bits per heavy atom. The average Bonchev–Trinajstić information content (AvgIpc) is 3.00. The molecule has 2 amide bonds. The number of rotatable bonds is 15. The van der Waals surface area contributed by atoms with E-state index in [9.17, 15) is 14.4 Å². The summed E-state index contributed by atoms with van der Waals surface area (Å²) in [5.41, 5.74) is 15.0. The molecule has 0 spiro atoms. The van der Waals surface area contributed by atoms with Gasteiger partial charge in [0.1, 0.15) is 11.8 Å². The van der Waals surface area contributed by atoms with Gasteiger partial charge in [-0.3, -0.25) is 9.59 Å². The molecule has 2 atom stereocenters. The van der Waals surface area contributed by atoms with Crippen molar-refractivity contribution in [1.29, 1.82) is 0 Å². The van der Waals surface area contributed by atoms with Crippen molar-refractivity contribution in [2.45, 2.75) is 59.0 Å². The lowest BCUT2D eigenvalue weighted by Crippen LogP contribution is -2.52. The predicted molar refractivity (Wildman–Crippen MR) is 171 cm³/mol. The number of hydrogen-bond acceptors (Lipinski definition) is 6. The third-order valence-corrected chi connectivity index (χ3v) is 5.77. The van der Waals surface area contributed by atoms with Gasteiger partial charge in [0.2, 0.25) is 11.8 Å². The van der Waals surface area contributed by atoms with Crippen LogP contribution in [0.25, 0.3) is 5.57 Å². The molecule has 230 valence electrons. The van der Waals surface area contributed by atoms with Crippen LogP contribution in [0.4, 0.5) is 0 Å². The number of nitrogens with one attached hydrogen (secondary N) is 2. The minimum Gasteiger partial charge on any atom is -0.482 e. The minimum absolute atomic E-state index is 0.233. The van der Waals surface area contributed by atoms with E-state index < -0.39 is 24.5 Å². The molecule has 2 aromatic carbocycles. The second-order valence-electron chi connectivity index (χ2n) is 9.14. The molecular formula is C33H48N4O5. The molecule has 2 rings (SSSR count). The highest BCUT2D eigenvalue weighted by molar-refractivity contribution is 5.88. The first kappa shape index (κ1) is 37.8. The number of carbonyl (C=O) groups is 3. The highest BCUT2D eigenvalue weighted by Crippen LogP contribution is 2.15. The van der Waals surface area contributed by atoms with Gasteiger partial charge in [-0.05, 0) is 62.1 Å². The Labute approximate surface area is 250 Å². The zero-order valence-corrected chi connectivity index (χ0v) is 25.4. The van der Waals surface area contributed by atoms with Gasteiger partial charge >= 0.3 is 5.97 Å². The lowest BCUT2D eigenvalue weighted by Gasteiger charge is -2.24. The van der Waals surface area contributed by atoms with Crippen molar-refractivity contribution in [2.24, 2.45) is 11.5 Å². The number of allylic oxidation sites excluding steroid dienone is 3. The van der Waals surface area contributed by atoms with E-state index in [2.05, 4.69) is 42.8 Å². The molecular weight excluding hydrogens is 532 g/mol. The van der Waals surface area contributed by atoms with Crippen LogP contribution in [0.15, 0.2) is 85.5 Å². The van der Waals surface area contributed by atoms with Gasteiger partial charge in [-0.25, -0.2) is 4.79 Å². The molecule has 0 bridgehead atoms. The van der Waals surface area contributed by atoms with Gasteiger partial charge < -0.3 is 31.9 Å². The van der Waals surface area contributed by atoms with Crippen molar-refractivity contribution in [3.8, 4) is 5.75 Å². The number of aliphatic carboxylic acids is 1. The fourth-order valence-corrected chi connectivity index (χ4v) is 3.58. The fraction of sp³-hybridized carbons (Fsp3) is 0.364. The van der Waals surface area contributed by atoms with Gasteiger partial charge in [0.25, 0.3) is 0 Å². The average molecular weight is 581 g/mol. The molecule has 9 nitrogen and oxygen atoms in total. The van der Waals surface area contributed by atoms with E-state index >= 15 is 0 Å². The van der Waals surface area contributed by atoms with Crippen LogP contribution < -0.4 is 26.8 Å². The summed E-state index contributed by atoms with van der Waals surface area (Å²) in [5, 5.41) is 14.2. The summed E-state index contributed by atoms with van der Waals surface area (Å²) < 4.78 is 5.09. The summed E-state index contributed by atoms with van der Waals surface area (Å²) in [4.78, 5) is 35.1. The quantitative estimate of drug-likeness (QED) is 0.156. The topological polar surface area (TPSA) is 157 Å². The van der Waals surface area contributed by atoms with Crippen LogP contribution in [-0.4, -0.2) is 54.7 Å². The third kappa shape index (κ3) is 16.2. The van der Waals surface area contributed by atoms with Crippen molar-refractivity contribution in [3.63, 3.8) is 0 Å². The standard InChI is InChI=1S/C20H30N4O5.C11H12.C2H6/c1-13(2)16(4-3-9-21)24-20(28)17(23-18(25)11-22)10-14-5-7-15(8-6-14)29-12-19(26)27;1-3-7-10(2)11-8-5-4-6-9-11;1-2/h5-8,16-17H,1,3-4,9-12,21-22H2,2H3,(H,23,25)(H,24,28)(H,26,27);3-9H,1H2,2H3;1-2H3/b;10-7+;/t16-,17-;;/m0../s1. The Morgan fingerprint density at radius 3 is 2.10 bits per heavy atom. The summed E-state index contributed by atoms with van der Waals surface area (Å²) in [6.07, 6.45) is 5.44. The number of benzene rings is 2. The van der Waals surface area contributed by atoms with E-state index in [4.69, 9.17) is 21.3 Å². The number of carboxylic acid groups (broad SMARTS) is 1. The number of amides is 2. The Bertz CT molecular complexity index is 1130. The van der Waals surface area contributed by atoms with Crippen LogP contribution >= 0.6 is 0 Å². The van der Waals surface area contributed by atoms with Crippen molar-refractivity contribution in [1.82, 2.24) is 10.6 Å². The number of carboxylic acids is 1. The number of nitrogens with two attached hydrogens (primary N) is 2. The molecule has 0 unspecified atom stereocenters. The van der Waals surface area contributed by atoms with Crippen LogP contribution in [-0.2, 0) is 20.8 Å². The van der Waals surface area contributed by atoms with Gasteiger partial charge in [0, 0.05) is 12.5 Å². The zero-order chi connectivity index (χ0) is 31.9. The van der Waals surface area contributed by atoms with Crippen molar-refractivity contribution >= 4 is 23.4 Å². The van der Waals surface area contributed by atoms with Crippen LogP contribution in [0, 0.1) is 0 Å². The largest absolute Gasteiger partial charge is 0.482 e. The summed E-state index contributed by atoms with van der Waals surface area (Å²) in [6.45, 7) is 15.3. The molecule has 0 fully saturated rings. The predicted octanol–water partition coefficient (Wildman–Crippen LogP) is 4.24. The molecule has 7 N–H and O–H groups in total.